The van der Waals surface area contributed by atoms with E-state index in [1.165, 1.54) is 0 Å². The predicted octanol–water partition coefficient (Wildman–Crippen LogP) is 3.70. The molecule has 0 saturated carbocycles. The van der Waals surface area contributed by atoms with Gasteiger partial charge in [0.05, 0.1) is 4.92 Å². The monoisotopic (exact) mass is 317 g/mol. The average Bonchev–Trinajstić information content (AvgIpc) is 2.90. The maximum atomic E-state index is 10.8. The molecule has 0 spiro atoms. The molecule has 6 heteroatoms. The SMILES string of the molecule is CN1CCN(c2ccc([N+](=O)[O-])cc2)C1c1ccc(Cl)cc1. The van der Waals surface area contributed by atoms with E-state index in [4.69, 9.17) is 11.6 Å². The summed E-state index contributed by atoms with van der Waals surface area (Å²) in [7, 11) is 2.07. The zero-order chi connectivity index (χ0) is 15.7. The van der Waals surface area contributed by atoms with Crippen LogP contribution in [0.15, 0.2) is 48.5 Å². The van der Waals surface area contributed by atoms with Crippen molar-refractivity contribution in [2.24, 2.45) is 0 Å². The number of non-ortho nitro benzene ring substituents is 1. The van der Waals surface area contributed by atoms with Crippen LogP contribution in [0.4, 0.5) is 11.4 Å². The van der Waals surface area contributed by atoms with E-state index >= 15 is 0 Å². The summed E-state index contributed by atoms with van der Waals surface area (Å²) in [6, 6.07) is 14.5. The zero-order valence-electron chi connectivity index (χ0n) is 12.1. The van der Waals surface area contributed by atoms with Crippen LogP contribution in [-0.2, 0) is 0 Å². The third-order valence-electron chi connectivity index (χ3n) is 3.97. The minimum Gasteiger partial charge on any atom is -0.350 e. The summed E-state index contributed by atoms with van der Waals surface area (Å²) in [5, 5.41) is 11.5. The van der Waals surface area contributed by atoms with Crippen molar-refractivity contribution in [2.45, 2.75) is 6.17 Å². The number of halogens is 1. The van der Waals surface area contributed by atoms with Crippen molar-refractivity contribution >= 4 is 23.0 Å². The first kappa shape index (κ1) is 14.8. The van der Waals surface area contributed by atoms with Crippen LogP contribution in [0.2, 0.25) is 5.02 Å². The van der Waals surface area contributed by atoms with Gasteiger partial charge in [0.15, 0.2) is 0 Å². The lowest BCUT2D eigenvalue weighted by Gasteiger charge is -2.30. The molecular formula is C16H16ClN3O2. The van der Waals surface area contributed by atoms with Crippen molar-refractivity contribution in [1.29, 1.82) is 0 Å². The Bertz CT molecular complexity index is 673. The molecule has 114 valence electrons. The molecule has 0 radical (unpaired) electrons. The minimum absolute atomic E-state index is 0.110. The van der Waals surface area contributed by atoms with Crippen LogP contribution in [-0.4, -0.2) is 30.0 Å². The lowest BCUT2D eigenvalue weighted by Crippen LogP contribution is -2.28. The lowest BCUT2D eigenvalue weighted by atomic mass is 10.1. The van der Waals surface area contributed by atoms with Crippen LogP contribution < -0.4 is 4.90 Å². The first-order chi connectivity index (χ1) is 10.6. The molecule has 0 aliphatic carbocycles. The van der Waals surface area contributed by atoms with Gasteiger partial charge in [0.25, 0.3) is 5.69 Å². The van der Waals surface area contributed by atoms with Crippen LogP contribution in [0.3, 0.4) is 0 Å². The van der Waals surface area contributed by atoms with Crippen molar-refractivity contribution in [3.63, 3.8) is 0 Å². The average molecular weight is 318 g/mol. The van der Waals surface area contributed by atoms with Gasteiger partial charge < -0.3 is 4.90 Å². The van der Waals surface area contributed by atoms with E-state index in [-0.39, 0.29) is 16.8 Å². The fourth-order valence-electron chi connectivity index (χ4n) is 2.85. The van der Waals surface area contributed by atoms with E-state index in [2.05, 4.69) is 16.8 Å². The van der Waals surface area contributed by atoms with E-state index in [1.807, 2.05) is 24.3 Å². The Morgan fingerprint density at radius 3 is 2.32 bits per heavy atom. The van der Waals surface area contributed by atoms with Gasteiger partial charge in [-0.15, -0.1) is 0 Å². The number of rotatable bonds is 3. The van der Waals surface area contributed by atoms with Crippen LogP contribution in [0.1, 0.15) is 11.7 Å². The molecule has 0 aromatic heterocycles. The number of anilines is 1. The summed E-state index contributed by atoms with van der Waals surface area (Å²) in [6.07, 6.45) is 0.110. The summed E-state index contributed by atoms with van der Waals surface area (Å²) >= 11 is 5.96. The largest absolute Gasteiger partial charge is 0.350 e. The van der Waals surface area contributed by atoms with Crippen LogP contribution in [0.25, 0.3) is 0 Å². The van der Waals surface area contributed by atoms with Gasteiger partial charge in [-0.05, 0) is 36.9 Å². The molecule has 0 amide bonds. The van der Waals surface area contributed by atoms with Gasteiger partial charge in [0, 0.05) is 35.9 Å². The molecule has 1 fully saturated rings. The van der Waals surface area contributed by atoms with E-state index in [0.29, 0.717) is 5.02 Å². The van der Waals surface area contributed by atoms with Gasteiger partial charge in [0.1, 0.15) is 6.17 Å². The molecule has 1 unspecified atom stereocenters. The van der Waals surface area contributed by atoms with E-state index in [0.717, 1.165) is 24.3 Å². The van der Waals surface area contributed by atoms with Gasteiger partial charge in [-0.1, -0.05) is 23.7 Å². The number of hydrogen-bond acceptors (Lipinski definition) is 4. The first-order valence-electron chi connectivity index (χ1n) is 7.03. The van der Waals surface area contributed by atoms with E-state index in [1.54, 1.807) is 24.3 Å². The molecule has 1 saturated heterocycles. The molecule has 0 N–H and O–H groups in total. The predicted molar refractivity (Wildman–Crippen MR) is 87.3 cm³/mol. The zero-order valence-corrected chi connectivity index (χ0v) is 12.9. The van der Waals surface area contributed by atoms with Crippen molar-refractivity contribution in [3.8, 4) is 0 Å². The third-order valence-corrected chi connectivity index (χ3v) is 4.22. The molecule has 1 heterocycles. The number of nitro groups is 1. The Kier molecular flexibility index (Phi) is 4.00. The second-order valence-electron chi connectivity index (χ2n) is 5.37. The molecule has 2 aromatic rings. The second-order valence-corrected chi connectivity index (χ2v) is 5.81. The summed E-state index contributed by atoms with van der Waals surface area (Å²) in [5.41, 5.74) is 2.25. The fraction of sp³-hybridized carbons (Fsp3) is 0.250. The Balaban J connectivity index is 1.91. The second kappa shape index (κ2) is 5.94. The topological polar surface area (TPSA) is 49.6 Å². The maximum Gasteiger partial charge on any atom is 0.269 e. The summed E-state index contributed by atoms with van der Waals surface area (Å²) in [4.78, 5) is 14.9. The van der Waals surface area contributed by atoms with Crippen LogP contribution in [0.5, 0.6) is 0 Å². The number of nitro benzene ring substituents is 1. The van der Waals surface area contributed by atoms with Gasteiger partial charge in [-0.25, -0.2) is 0 Å². The molecule has 1 aliphatic heterocycles. The van der Waals surface area contributed by atoms with Crippen molar-refractivity contribution < 1.29 is 4.92 Å². The van der Waals surface area contributed by atoms with Gasteiger partial charge in [-0.2, -0.15) is 0 Å². The van der Waals surface area contributed by atoms with Gasteiger partial charge >= 0.3 is 0 Å². The summed E-state index contributed by atoms with van der Waals surface area (Å²) in [5.74, 6) is 0. The number of hydrogen-bond donors (Lipinski definition) is 0. The quantitative estimate of drug-likeness (QED) is 0.640. The normalized spacial score (nSPS) is 18.6. The van der Waals surface area contributed by atoms with Crippen molar-refractivity contribution in [3.05, 3.63) is 69.2 Å². The molecule has 5 nitrogen and oxygen atoms in total. The van der Waals surface area contributed by atoms with Gasteiger partial charge in [-0.3, -0.25) is 15.0 Å². The van der Waals surface area contributed by atoms with Crippen LogP contribution in [0, 0.1) is 10.1 Å². The van der Waals surface area contributed by atoms with Gasteiger partial charge in [0.2, 0.25) is 0 Å². The number of likely N-dealkylation sites (N-methyl/N-ethyl adjacent to an activating group) is 1. The molecular weight excluding hydrogens is 302 g/mol. The summed E-state index contributed by atoms with van der Waals surface area (Å²) < 4.78 is 0. The smallest absolute Gasteiger partial charge is 0.269 e. The molecule has 3 rings (SSSR count). The molecule has 1 aliphatic rings. The van der Waals surface area contributed by atoms with E-state index < -0.39 is 0 Å². The standard InChI is InChI=1S/C16H16ClN3O2/c1-18-10-11-19(14-6-8-15(9-7-14)20(21)22)16(18)12-2-4-13(17)5-3-12/h2-9,16H,10-11H2,1H3. The van der Waals surface area contributed by atoms with Crippen molar-refractivity contribution in [2.75, 3.05) is 25.0 Å². The van der Waals surface area contributed by atoms with Crippen molar-refractivity contribution in [1.82, 2.24) is 4.90 Å². The Labute approximate surface area is 133 Å². The summed E-state index contributed by atoms with van der Waals surface area (Å²) in [6.45, 7) is 1.81. The highest BCUT2D eigenvalue weighted by atomic mass is 35.5. The Hall–Kier alpha value is -2.11. The molecule has 1 atom stereocenters. The fourth-order valence-corrected chi connectivity index (χ4v) is 2.98. The maximum absolute atomic E-state index is 10.8. The molecule has 2 aromatic carbocycles. The van der Waals surface area contributed by atoms with Crippen LogP contribution >= 0.6 is 11.6 Å². The number of nitrogens with zero attached hydrogens (tertiary/aromatic N) is 3. The Morgan fingerprint density at radius 1 is 1.09 bits per heavy atom. The lowest BCUT2D eigenvalue weighted by molar-refractivity contribution is -0.384. The highest BCUT2D eigenvalue weighted by Gasteiger charge is 2.30. The minimum atomic E-state index is -0.378. The highest BCUT2D eigenvalue weighted by molar-refractivity contribution is 6.30. The number of benzene rings is 2. The molecule has 22 heavy (non-hydrogen) atoms. The Morgan fingerprint density at radius 2 is 1.73 bits per heavy atom. The first-order valence-corrected chi connectivity index (χ1v) is 7.41. The van der Waals surface area contributed by atoms with E-state index in [9.17, 15) is 10.1 Å². The third kappa shape index (κ3) is 2.77. The highest BCUT2D eigenvalue weighted by Crippen LogP contribution is 2.34. The molecule has 0 bridgehead atoms.